The van der Waals surface area contributed by atoms with Crippen LogP contribution in [0.4, 0.5) is 0 Å². The Morgan fingerprint density at radius 1 is 1.62 bits per heavy atom. The summed E-state index contributed by atoms with van der Waals surface area (Å²) in [6.07, 6.45) is 0.662. The summed E-state index contributed by atoms with van der Waals surface area (Å²) in [5.41, 5.74) is 0. The Hall–Kier alpha value is -1.14. The van der Waals surface area contributed by atoms with Crippen LogP contribution in [0.2, 0.25) is 0 Å². The van der Waals surface area contributed by atoms with Crippen LogP contribution in [0.3, 0.4) is 0 Å². The number of hydrogen-bond donors (Lipinski definition) is 1. The Bertz CT molecular complexity index is 270. The molecule has 1 heterocycles. The maximum absolute atomic E-state index is 11.7. The van der Waals surface area contributed by atoms with Gasteiger partial charge in [0.25, 0.3) is 0 Å². The highest BCUT2D eigenvalue weighted by atomic mass is 16.5. The maximum Gasteiger partial charge on any atom is 0.327 e. The summed E-state index contributed by atoms with van der Waals surface area (Å²) in [4.78, 5) is 25.9. The average Bonchev–Trinajstić information content (AvgIpc) is 2.20. The first-order chi connectivity index (χ1) is 7.56. The van der Waals surface area contributed by atoms with E-state index < -0.39 is 12.0 Å². The van der Waals surface area contributed by atoms with Crippen molar-refractivity contribution in [2.24, 2.45) is 0 Å². The standard InChI is InChI=1S/C10H18N2O4/c1-11-6-8(10(14)15)12(9(13)7-11)4-3-5-16-2/h8H,3-7H2,1-2H3,(H,14,15). The predicted octanol–water partition coefficient (Wildman–Crippen LogP) is -0.750. The van der Waals surface area contributed by atoms with Crippen LogP contribution in [0, 0.1) is 0 Å². The normalized spacial score (nSPS) is 22.5. The fraction of sp³-hybridized carbons (Fsp3) is 0.800. The number of aliphatic carboxylic acids is 1. The van der Waals surface area contributed by atoms with E-state index in [0.29, 0.717) is 26.1 Å². The number of carbonyl (C=O) groups is 2. The molecule has 16 heavy (non-hydrogen) atoms. The number of ether oxygens (including phenoxy) is 1. The molecule has 0 bridgehead atoms. The van der Waals surface area contributed by atoms with Crippen LogP contribution in [-0.2, 0) is 14.3 Å². The summed E-state index contributed by atoms with van der Waals surface area (Å²) >= 11 is 0. The van der Waals surface area contributed by atoms with Crippen molar-refractivity contribution in [1.29, 1.82) is 0 Å². The number of hydrogen-bond acceptors (Lipinski definition) is 4. The van der Waals surface area contributed by atoms with Gasteiger partial charge in [0.15, 0.2) is 0 Å². The Kier molecular flexibility index (Phi) is 4.70. The molecule has 1 fully saturated rings. The van der Waals surface area contributed by atoms with E-state index in [1.807, 2.05) is 0 Å². The van der Waals surface area contributed by atoms with Crippen molar-refractivity contribution >= 4 is 11.9 Å². The molecule has 1 rings (SSSR count). The van der Waals surface area contributed by atoms with Crippen molar-refractivity contribution in [3.05, 3.63) is 0 Å². The molecule has 1 aliphatic rings. The molecule has 0 aromatic rings. The lowest BCUT2D eigenvalue weighted by Gasteiger charge is -2.37. The van der Waals surface area contributed by atoms with E-state index in [0.717, 1.165) is 0 Å². The number of carboxylic acids is 1. The largest absolute Gasteiger partial charge is 0.480 e. The smallest absolute Gasteiger partial charge is 0.327 e. The highest BCUT2D eigenvalue weighted by molar-refractivity contribution is 5.86. The van der Waals surface area contributed by atoms with Crippen LogP contribution >= 0.6 is 0 Å². The fourth-order valence-electron chi connectivity index (χ4n) is 1.83. The summed E-state index contributed by atoms with van der Waals surface area (Å²) in [7, 11) is 3.33. The second-order valence-electron chi connectivity index (χ2n) is 3.98. The van der Waals surface area contributed by atoms with E-state index in [2.05, 4.69) is 0 Å². The molecule has 1 unspecified atom stereocenters. The number of methoxy groups -OCH3 is 1. The van der Waals surface area contributed by atoms with Crippen LogP contribution < -0.4 is 0 Å². The molecule has 92 valence electrons. The third-order valence-electron chi connectivity index (χ3n) is 2.62. The minimum Gasteiger partial charge on any atom is -0.480 e. The molecular weight excluding hydrogens is 212 g/mol. The second kappa shape index (κ2) is 5.81. The SMILES string of the molecule is COCCCN1C(=O)CN(C)CC1C(=O)O. The third kappa shape index (κ3) is 3.18. The van der Waals surface area contributed by atoms with Crippen molar-refractivity contribution in [2.75, 3.05) is 40.4 Å². The molecular formula is C10H18N2O4. The van der Waals surface area contributed by atoms with Crippen molar-refractivity contribution in [2.45, 2.75) is 12.5 Å². The number of amides is 1. The topological polar surface area (TPSA) is 70.1 Å². The maximum atomic E-state index is 11.7. The third-order valence-corrected chi connectivity index (χ3v) is 2.62. The number of likely N-dealkylation sites (N-methyl/N-ethyl adjacent to an activating group) is 1. The zero-order chi connectivity index (χ0) is 12.1. The average molecular weight is 230 g/mol. The molecule has 0 aromatic heterocycles. The van der Waals surface area contributed by atoms with Gasteiger partial charge in [-0.25, -0.2) is 4.79 Å². The van der Waals surface area contributed by atoms with Crippen molar-refractivity contribution in [3.63, 3.8) is 0 Å². The van der Waals surface area contributed by atoms with Gasteiger partial charge in [-0.05, 0) is 13.5 Å². The van der Waals surface area contributed by atoms with Gasteiger partial charge in [0.2, 0.25) is 5.91 Å². The van der Waals surface area contributed by atoms with Gasteiger partial charge in [-0.3, -0.25) is 9.69 Å². The molecule has 6 heteroatoms. The lowest BCUT2D eigenvalue weighted by Crippen LogP contribution is -2.58. The zero-order valence-electron chi connectivity index (χ0n) is 9.68. The van der Waals surface area contributed by atoms with Gasteiger partial charge in [0.05, 0.1) is 6.54 Å². The summed E-state index contributed by atoms with van der Waals surface area (Å²) in [6.45, 7) is 1.65. The Morgan fingerprint density at radius 2 is 2.31 bits per heavy atom. The zero-order valence-corrected chi connectivity index (χ0v) is 9.68. The minimum atomic E-state index is -0.947. The first kappa shape index (κ1) is 12.9. The summed E-state index contributed by atoms with van der Waals surface area (Å²) < 4.78 is 4.89. The lowest BCUT2D eigenvalue weighted by atomic mass is 10.1. The van der Waals surface area contributed by atoms with Crippen LogP contribution in [0.25, 0.3) is 0 Å². The van der Waals surface area contributed by atoms with E-state index >= 15 is 0 Å². The highest BCUT2D eigenvalue weighted by Crippen LogP contribution is 2.10. The number of carboxylic acid groups (broad SMARTS) is 1. The van der Waals surface area contributed by atoms with E-state index in [1.165, 1.54) is 4.90 Å². The van der Waals surface area contributed by atoms with Crippen LogP contribution in [-0.4, -0.2) is 73.2 Å². The summed E-state index contributed by atoms with van der Waals surface area (Å²) in [6, 6.07) is -0.733. The monoisotopic (exact) mass is 230 g/mol. The molecule has 1 aliphatic heterocycles. The minimum absolute atomic E-state index is 0.128. The van der Waals surface area contributed by atoms with E-state index in [1.54, 1.807) is 19.1 Å². The van der Waals surface area contributed by atoms with E-state index in [-0.39, 0.29) is 12.5 Å². The van der Waals surface area contributed by atoms with Gasteiger partial charge < -0.3 is 14.7 Å². The first-order valence-corrected chi connectivity index (χ1v) is 5.26. The van der Waals surface area contributed by atoms with Gasteiger partial charge in [-0.2, -0.15) is 0 Å². The van der Waals surface area contributed by atoms with E-state index in [9.17, 15) is 9.59 Å². The Labute approximate surface area is 94.8 Å². The fourth-order valence-corrected chi connectivity index (χ4v) is 1.83. The molecule has 0 aliphatic carbocycles. The molecule has 1 N–H and O–H groups in total. The summed E-state index contributed by atoms with van der Waals surface area (Å²) in [5, 5.41) is 9.05. The highest BCUT2D eigenvalue weighted by Gasteiger charge is 2.34. The lowest BCUT2D eigenvalue weighted by molar-refractivity contribution is -0.155. The van der Waals surface area contributed by atoms with Gasteiger partial charge in [-0.1, -0.05) is 0 Å². The van der Waals surface area contributed by atoms with Gasteiger partial charge >= 0.3 is 5.97 Å². The number of piperazine rings is 1. The summed E-state index contributed by atoms with van der Waals surface area (Å²) in [5.74, 6) is -1.07. The van der Waals surface area contributed by atoms with Crippen molar-refractivity contribution in [3.8, 4) is 0 Å². The molecule has 1 atom stereocenters. The molecule has 0 radical (unpaired) electrons. The van der Waals surface area contributed by atoms with Crippen molar-refractivity contribution in [1.82, 2.24) is 9.80 Å². The first-order valence-electron chi connectivity index (χ1n) is 5.26. The quantitative estimate of drug-likeness (QED) is 0.629. The number of rotatable bonds is 5. The van der Waals surface area contributed by atoms with Gasteiger partial charge in [0.1, 0.15) is 6.04 Å². The molecule has 1 saturated heterocycles. The molecule has 6 nitrogen and oxygen atoms in total. The van der Waals surface area contributed by atoms with Gasteiger partial charge in [0, 0.05) is 26.8 Å². The molecule has 0 saturated carbocycles. The molecule has 0 spiro atoms. The Morgan fingerprint density at radius 3 is 2.88 bits per heavy atom. The molecule has 1 amide bonds. The van der Waals surface area contributed by atoms with Crippen molar-refractivity contribution < 1.29 is 19.4 Å². The molecule has 0 aromatic carbocycles. The number of nitrogens with zero attached hydrogens (tertiary/aromatic N) is 2. The van der Waals surface area contributed by atoms with E-state index in [4.69, 9.17) is 9.84 Å². The number of carbonyl (C=O) groups excluding carboxylic acids is 1. The Balaban J connectivity index is 2.60. The predicted molar refractivity (Wildman–Crippen MR) is 57.1 cm³/mol. The van der Waals surface area contributed by atoms with Gasteiger partial charge in [-0.15, -0.1) is 0 Å². The van der Waals surface area contributed by atoms with Crippen LogP contribution in [0.5, 0.6) is 0 Å². The van der Waals surface area contributed by atoms with Crippen LogP contribution in [0.1, 0.15) is 6.42 Å². The van der Waals surface area contributed by atoms with Crippen LogP contribution in [0.15, 0.2) is 0 Å². The second-order valence-corrected chi connectivity index (χ2v) is 3.98.